The lowest BCUT2D eigenvalue weighted by atomic mass is 10.1. The number of methoxy groups -OCH3 is 1. The number of hydrogen-bond donors (Lipinski definition) is 2. The van der Waals surface area contributed by atoms with Gasteiger partial charge in [0.05, 0.1) is 19.2 Å². The van der Waals surface area contributed by atoms with E-state index in [4.69, 9.17) is 9.26 Å². The molecule has 1 unspecified atom stereocenters. The molecule has 0 saturated heterocycles. The second-order valence-electron chi connectivity index (χ2n) is 5.23. The molecule has 0 saturated carbocycles. The van der Waals surface area contributed by atoms with Crippen LogP contribution in [-0.4, -0.2) is 23.2 Å². The summed E-state index contributed by atoms with van der Waals surface area (Å²) in [5.74, 6) is 0.0814. The van der Waals surface area contributed by atoms with E-state index in [1.165, 1.54) is 13.2 Å². The van der Waals surface area contributed by atoms with Crippen molar-refractivity contribution in [2.75, 3.05) is 7.11 Å². The van der Waals surface area contributed by atoms with Gasteiger partial charge in [0.25, 0.3) is 11.8 Å². The molecular formula is C16H17N3O3. The second-order valence-corrected chi connectivity index (χ2v) is 5.23. The standard InChI is InChI=1S/C16H17N3O3/c1-9-6-12-7-11(4-5-13(12)17-9)10(2)18-16(20)14-8-15(21-3)19-22-14/h4-8,10,17H,1-3H3,(H,18,20). The highest BCUT2D eigenvalue weighted by Gasteiger charge is 2.17. The Morgan fingerprint density at radius 2 is 2.18 bits per heavy atom. The summed E-state index contributed by atoms with van der Waals surface area (Å²) < 4.78 is 9.83. The number of aromatic amines is 1. The Morgan fingerprint density at radius 1 is 1.36 bits per heavy atom. The zero-order valence-electron chi connectivity index (χ0n) is 12.6. The highest BCUT2D eigenvalue weighted by Crippen LogP contribution is 2.21. The number of H-pyrrole nitrogens is 1. The van der Waals surface area contributed by atoms with Gasteiger partial charge < -0.3 is 19.6 Å². The van der Waals surface area contributed by atoms with Gasteiger partial charge in [-0.05, 0) is 48.2 Å². The van der Waals surface area contributed by atoms with E-state index in [1.807, 2.05) is 26.0 Å². The molecule has 0 aliphatic rings. The molecule has 0 spiro atoms. The Hall–Kier alpha value is -2.76. The molecule has 0 radical (unpaired) electrons. The summed E-state index contributed by atoms with van der Waals surface area (Å²) in [6.45, 7) is 3.94. The lowest BCUT2D eigenvalue weighted by Crippen LogP contribution is -2.26. The van der Waals surface area contributed by atoms with E-state index in [0.717, 1.165) is 22.2 Å². The number of benzene rings is 1. The van der Waals surface area contributed by atoms with Gasteiger partial charge in [-0.1, -0.05) is 6.07 Å². The van der Waals surface area contributed by atoms with E-state index >= 15 is 0 Å². The fourth-order valence-corrected chi connectivity index (χ4v) is 2.38. The third-order valence-electron chi connectivity index (χ3n) is 3.55. The largest absolute Gasteiger partial charge is 0.479 e. The third kappa shape index (κ3) is 2.67. The number of amides is 1. The van der Waals surface area contributed by atoms with E-state index in [0.29, 0.717) is 0 Å². The zero-order chi connectivity index (χ0) is 15.7. The molecule has 1 atom stereocenters. The summed E-state index contributed by atoms with van der Waals surface area (Å²) >= 11 is 0. The number of nitrogens with one attached hydrogen (secondary N) is 2. The van der Waals surface area contributed by atoms with Crippen molar-refractivity contribution in [2.45, 2.75) is 19.9 Å². The Labute approximate surface area is 127 Å². The van der Waals surface area contributed by atoms with Crippen molar-refractivity contribution in [3.8, 4) is 5.88 Å². The topological polar surface area (TPSA) is 80.1 Å². The molecule has 1 amide bonds. The summed E-state index contributed by atoms with van der Waals surface area (Å²) in [7, 11) is 1.47. The quantitative estimate of drug-likeness (QED) is 0.776. The Balaban J connectivity index is 1.77. The van der Waals surface area contributed by atoms with Crippen molar-refractivity contribution in [1.82, 2.24) is 15.5 Å². The third-order valence-corrected chi connectivity index (χ3v) is 3.55. The number of ether oxygens (including phenoxy) is 1. The van der Waals surface area contributed by atoms with Crippen molar-refractivity contribution in [2.24, 2.45) is 0 Å². The predicted octanol–water partition coefficient (Wildman–Crippen LogP) is 2.96. The number of fused-ring (bicyclic) bond motifs is 1. The molecule has 2 heterocycles. The molecule has 0 aliphatic heterocycles. The normalized spacial score (nSPS) is 12.3. The Kier molecular flexibility index (Phi) is 3.58. The molecule has 2 N–H and O–H groups in total. The van der Waals surface area contributed by atoms with Crippen LogP contribution in [-0.2, 0) is 0 Å². The van der Waals surface area contributed by atoms with Crippen molar-refractivity contribution in [1.29, 1.82) is 0 Å². The van der Waals surface area contributed by atoms with Gasteiger partial charge in [0.15, 0.2) is 0 Å². The minimum Gasteiger partial charge on any atom is -0.479 e. The number of rotatable bonds is 4. The molecule has 6 heteroatoms. The van der Waals surface area contributed by atoms with Crippen LogP contribution in [0.25, 0.3) is 10.9 Å². The average molecular weight is 299 g/mol. The van der Waals surface area contributed by atoms with Gasteiger partial charge in [-0.2, -0.15) is 0 Å². The lowest BCUT2D eigenvalue weighted by molar-refractivity contribution is 0.0902. The van der Waals surface area contributed by atoms with Crippen LogP contribution in [0, 0.1) is 6.92 Å². The van der Waals surface area contributed by atoms with Crippen molar-refractivity contribution in [3.05, 3.63) is 47.3 Å². The van der Waals surface area contributed by atoms with Gasteiger partial charge in [0, 0.05) is 11.2 Å². The average Bonchev–Trinajstić information content (AvgIpc) is 3.11. The zero-order valence-corrected chi connectivity index (χ0v) is 12.6. The van der Waals surface area contributed by atoms with E-state index in [1.54, 1.807) is 0 Å². The number of carbonyl (C=O) groups excluding carboxylic acids is 1. The number of hydrogen-bond acceptors (Lipinski definition) is 4. The first-order valence-electron chi connectivity index (χ1n) is 6.97. The smallest absolute Gasteiger partial charge is 0.290 e. The minimum absolute atomic E-state index is 0.127. The van der Waals surface area contributed by atoms with Crippen LogP contribution in [0.4, 0.5) is 0 Å². The first-order valence-corrected chi connectivity index (χ1v) is 6.97. The summed E-state index contributed by atoms with van der Waals surface area (Å²) in [5.41, 5.74) is 3.21. The van der Waals surface area contributed by atoms with Crippen LogP contribution in [0.5, 0.6) is 5.88 Å². The fraction of sp³-hybridized carbons (Fsp3) is 0.250. The minimum atomic E-state index is -0.325. The molecule has 22 heavy (non-hydrogen) atoms. The maximum Gasteiger partial charge on any atom is 0.290 e. The van der Waals surface area contributed by atoms with E-state index in [9.17, 15) is 4.79 Å². The molecule has 1 aromatic carbocycles. The first-order chi connectivity index (χ1) is 10.6. The van der Waals surface area contributed by atoms with Gasteiger partial charge in [0.1, 0.15) is 0 Å². The van der Waals surface area contributed by atoms with Crippen LogP contribution in [0.2, 0.25) is 0 Å². The van der Waals surface area contributed by atoms with Crippen LogP contribution < -0.4 is 10.1 Å². The molecule has 6 nitrogen and oxygen atoms in total. The fourth-order valence-electron chi connectivity index (χ4n) is 2.38. The van der Waals surface area contributed by atoms with Crippen LogP contribution in [0.15, 0.2) is 34.9 Å². The van der Waals surface area contributed by atoms with Crippen molar-refractivity contribution >= 4 is 16.8 Å². The van der Waals surface area contributed by atoms with Gasteiger partial charge in [-0.3, -0.25) is 4.79 Å². The molecule has 0 fully saturated rings. The van der Waals surface area contributed by atoms with Crippen LogP contribution in [0.3, 0.4) is 0 Å². The van der Waals surface area contributed by atoms with Gasteiger partial charge in [0.2, 0.25) is 5.76 Å². The SMILES string of the molecule is COc1cc(C(=O)NC(C)c2ccc3[nH]c(C)cc3c2)on1. The molecule has 0 aliphatic carbocycles. The van der Waals surface area contributed by atoms with Crippen molar-refractivity contribution < 1.29 is 14.1 Å². The summed E-state index contributed by atoms with van der Waals surface area (Å²) in [6, 6.07) is 9.45. The molecular weight excluding hydrogens is 282 g/mol. The number of aromatic nitrogens is 2. The maximum absolute atomic E-state index is 12.1. The first kappa shape index (κ1) is 14.2. The summed E-state index contributed by atoms with van der Waals surface area (Å²) in [6.07, 6.45) is 0. The molecule has 3 aromatic rings. The summed E-state index contributed by atoms with van der Waals surface area (Å²) in [4.78, 5) is 15.4. The molecule has 3 rings (SSSR count). The lowest BCUT2D eigenvalue weighted by Gasteiger charge is -2.13. The van der Waals surface area contributed by atoms with Gasteiger partial charge in [-0.25, -0.2) is 0 Å². The van der Waals surface area contributed by atoms with Crippen molar-refractivity contribution in [3.63, 3.8) is 0 Å². The highest BCUT2D eigenvalue weighted by atomic mass is 16.5. The van der Waals surface area contributed by atoms with E-state index in [2.05, 4.69) is 27.6 Å². The Morgan fingerprint density at radius 3 is 2.91 bits per heavy atom. The number of nitrogens with zero attached hydrogens (tertiary/aromatic N) is 1. The number of aryl methyl sites for hydroxylation is 1. The van der Waals surface area contributed by atoms with Gasteiger partial charge in [-0.15, -0.1) is 0 Å². The van der Waals surface area contributed by atoms with Crippen LogP contribution >= 0.6 is 0 Å². The maximum atomic E-state index is 12.1. The molecule has 0 bridgehead atoms. The van der Waals surface area contributed by atoms with E-state index < -0.39 is 0 Å². The monoisotopic (exact) mass is 299 g/mol. The predicted molar refractivity (Wildman–Crippen MR) is 82.0 cm³/mol. The number of carbonyl (C=O) groups is 1. The Bertz CT molecular complexity index is 819. The molecule has 2 aromatic heterocycles. The molecule has 114 valence electrons. The van der Waals surface area contributed by atoms with Gasteiger partial charge >= 0.3 is 0 Å². The van der Waals surface area contributed by atoms with E-state index in [-0.39, 0.29) is 23.6 Å². The summed E-state index contributed by atoms with van der Waals surface area (Å²) in [5, 5.41) is 7.62. The van der Waals surface area contributed by atoms with Crippen LogP contribution in [0.1, 0.15) is 34.8 Å². The highest BCUT2D eigenvalue weighted by molar-refractivity contribution is 5.92. The second kappa shape index (κ2) is 5.55.